The topological polar surface area (TPSA) is 49.9 Å². The summed E-state index contributed by atoms with van der Waals surface area (Å²) < 4.78 is 5.47. The Morgan fingerprint density at radius 2 is 1.95 bits per heavy atom. The van der Waals surface area contributed by atoms with Gasteiger partial charge < -0.3 is 9.64 Å². The first-order chi connectivity index (χ1) is 9.66. The summed E-state index contributed by atoms with van der Waals surface area (Å²) in [7, 11) is 0. The molecule has 2 fully saturated rings. The summed E-state index contributed by atoms with van der Waals surface area (Å²) >= 11 is 0. The SMILES string of the molecule is CC(C)N1CCC(=O)C12CCCN(C(=O)OC(C)(C)C)C2. The van der Waals surface area contributed by atoms with Crippen LogP contribution < -0.4 is 0 Å². The van der Waals surface area contributed by atoms with Crippen LogP contribution in [0.2, 0.25) is 0 Å². The van der Waals surface area contributed by atoms with E-state index >= 15 is 0 Å². The number of carbonyl (C=O) groups excluding carboxylic acids is 2. The standard InChI is InChI=1S/C16H28N2O3/c1-12(2)18-10-7-13(19)16(18)8-6-9-17(11-16)14(20)21-15(3,4)5/h12H,6-11H2,1-5H3. The molecule has 0 aromatic carbocycles. The quantitative estimate of drug-likeness (QED) is 0.746. The van der Waals surface area contributed by atoms with Crippen LogP contribution in [0.15, 0.2) is 0 Å². The number of amides is 1. The van der Waals surface area contributed by atoms with Gasteiger partial charge in [0.05, 0.1) is 5.54 Å². The molecule has 0 bridgehead atoms. The van der Waals surface area contributed by atoms with Crippen LogP contribution >= 0.6 is 0 Å². The van der Waals surface area contributed by atoms with Gasteiger partial charge in [-0.1, -0.05) is 0 Å². The highest BCUT2D eigenvalue weighted by molar-refractivity contribution is 5.91. The number of ketones is 1. The highest BCUT2D eigenvalue weighted by Crippen LogP contribution is 2.36. The zero-order valence-electron chi connectivity index (χ0n) is 13.9. The number of nitrogens with zero attached hydrogens (tertiary/aromatic N) is 2. The zero-order valence-corrected chi connectivity index (χ0v) is 13.9. The molecule has 0 radical (unpaired) electrons. The molecule has 5 heteroatoms. The van der Waals surface area contributed by atoms with Crippen molar-refractivity contribution in [1.29, 1.82) is 0 Å². The first-order valence-corrected chi connectivity index (χ1v) is 7.94. The molecule has 2 saturated heterocycles. The molecule has 1 atom stereocenters. The Morgan fingerprint density at radius 3 is 2.52 bits per heavy atom. The molecule has 5 nitrogen and oxygen atoms in total. The second-order valence-corrected chi connectivity index (χ2v) is 7.50. The van der Waals surface area contributed by atoms with Gasteiger partial charge in [-0.3, -0.25) is 9.69 Å². The van der Waals surface area contributed by atoms with Crippen LogP contribution in [0.1, 0.15) is 53.9 Å². The van der Waals surface area contributed by atoms with Crippen molar-refractivity contribution in [1.82, 2.24) is 9.80 Å². The fraction of sp³-hybridized carbons (Fsp3) is 0.875. The predicted molar refractivity (Wildman–Crippen MR) is 81.2 cm³/mol. The third-order valence-corrected chi connectivity index (χ3v) is 4.39. The van der Waals surface area contributed by atoms with E-state index in [-0.39, 0.29) is 11.9 Å². The average molecular weight is 296 g/mol. The first kappa shape index (κ1) is 16.3. The van der Waals surface area contributed by atoms with Crippen molar-refractivity contribution < 1.29 is 14.3 Å². The van der Waals surface area contributed by atoms with E-state index in [9.17, 15) is 9.59 Å². The lowest BCUT2D eigenvalue weighted by molar-refractivity contribution is -0.128. The van der Waals surface area contributed by atoms with E-state index in [2.05, 4.69) is 18.7 Å². The first-order valence-electron chi connectivity index (χ1n) is 7.94. The minimum Gasteiger partial charge on any atom is -0.444 e. The maximum atomic E-state index is 12.5. The molecule has 2 aliphatic heterocycles. The largest absolute Gasteiger partial charge is 0.444 e. The Bertz CT molecular complexity index is 428. The van der Waals surface area contributed by atoms with Gasteiger partial charge in [0.1, 0.15) is 5.60 Å². The second-order valence-electron chi connectivity index (χ2n) is 7.50. The Kier molecular flexibility index (Phi) is 4.34. The van der Waals surface area contributed by atoms with Gasteiger partial charge in [-0.2, -0.15) is 0 Å². The van der Waals surface area contributed by atoms with Crippen LogP contribution in [0.25, 0.3) is 0 Å². The second kappa shape index (κ2) is 5.59. The minimum absolute atomic E-state index is 0.282. The monoisotopic (exact) mass is 296 g/mol. The highest BCUT2D eigenvalue weighted by Gasteiger charge is 2.52. The molecule has 0 aromatic heterocycles. The third-order valence-electron chi connectivity index (χ3n) is 4.39. The Hall–Kier alpha value is -1.10. The van der Waals surface area contributed by atoms with E-state index in [1.54, 1.807) is 4.90 Å². The molecule has 2 rings (SSSR count). The fourth-order valence-corrected chi connectivity index (χ4v) is 3.56. The number of likely N-dealkylation sites (tertiary alicyclic amines) is 2. The normalized spacial score (nSPS) is 27.7. The van der Waals surface area contributed by atoms with Crippen molar-refractivity contribution in [3.05, 3.63) is 0 Å². The molecule has 1 unspecified atom stereocenters. The molecule has 21 heavy (non-hydrogen) atoms. The van der Waals surface area contributed by atoms with Gasteiger partial charge in [0, 0.05) is 32.1 Å². The highest BCUT2D eigenvalue weighted by atomic mass is 16.6. The Labute approximate surface area is 127 Å². The maximum absolute atomic E-state index is 12.5. The fourth-order valence-electron chi connectivity index (χ4n) is 3.56. The zero-order chi connectivity index (χ0) is 15.8. The number of piperidine rings is 1. The van der Waals surface area contributed by atoms with Gasteiger partial charge in [-0.15, -0.1) is 0 Å². The molecular weight excluding hydrogens is 268 g/mol. The summed E-state index contributed by atoms with van der Waals surface area (Å²) in [5.74, 6) is 0.282. The molecule has 0 saturated carbocycles. The average Bonchev–Trinajstić information content (AvgIpc) is 2.65. The van der Waals surface area contributed by atoms with Gasteiger partial charge >= 0.3 is 6.09 Å². The van der Waals surface area contributed by atoms with Crippen molar-refractivity contribution in [3.8, 4) is 0 Å². The number of hydrogen-bond acceptors (Lipinski definition) is 4. The van der Waals surface area contributed by atoms with E-state index < -0.39 is 11.1 Å². The van der Waals surface area contributed by atoms with Gasteiger partial charge in [0.2, 0.25) is 0 Å². The van der Waals surface area contributed by atoms with Gasteiger partial charge in [-0.05, 0) is 47.5 Å². The number of hydrogen-bond donors (Lipinski definition) is 0. The van der Waals surface area contributed by atoms with Gasteiger partial charge in [0.15, 0.2) is 5.78 Å². The Morgan fingerprint density at radius 1 is 1.29 bits per heavy atom. The van der Waals surface area contributed by atoms with Crippen molar-refractivity contribution in [3.63, 3.8) is 0 Å². The lowest BCUT2D eigenvalue weighted by atomic mass is 9.85. The number of rotatable bonds is 1. The van der Waals surface area contributed by atoms with E-state index in [1.807, 2.05) is 20.8 Å². The molecular formula is C16H28N2O3. The van der Waals surface area contributed by atoms with Crippen molar-refractivity contribution in [2.45, 2.75) is 71.1 Å². The summed E-state index contributed by atoms with van der Waals surface area (Å²) in [5.41, 5.74) is -0.984. The smallest absolute Gasteiger partial charge is 0.410 e. The molecule has 120 valence electrons. The van der Waals surface area contributed by atoms with Crippen LogP contribution in [0.5, 0.6) is 0 Å². The molecule has 0 N–H and O–H groups in total. The van der Waals surface area contributed by atoms with Gasteiger partial charge in [-0.25, -0.2) is 4.79 Å². The van der Waals surface area contributed by atoms with Crippen LogP contribution in [0, 0.1) is 0 Å². The van der Waals surface area contributed by atoms with E-state index in [0.29, 0.717) is 25.6 Å². The summed E-state index contributed by atoms with van der Waals surface area (Å²) in [6, 6.07) is 0.315. The Balaban J connectivity index is 2.16. The molecule has 2 heterocycles. The molecule has 0 aromatic rings. The summed E-state index contributed by atoms with van der Waals surface area (Å²) in [6.45, 7) is 11.8. The molecule has 2 aliphatic rings. The summed E-state index contributed by atoms with van der Waals surface area (Å²) in [5, 5.41) is 0. The molecule has 1 amide bonds. The lowest BCUT2D eigenvalue weighted by Crippen LogP contribution is -2.62. The number of ether oxygens (including phenoxy) is 1. The van der Waals surface area contributed by atoms with Gasteiger partial charge in [0.25, 0.3) is 0 Å². The number of Topliss-reactive ketones (excluding diaryl/α,β-unsaturated/α-hetero) is 1. The van der Waals surface area contributed by atoms with Crippen LogP contribution in [0.3, 0.4) is 0 Å². The molecule has 1 spiro atoms. The van der Waals surface area contributed by atoms with E-state index in [4.69, 9.17) is 4.74 Å². The minimum atomic E-state index is -0.501. The predicted octanol–water partition coefficient (Wildman–Crippen LogP) is 2.44. The van der Waals surface area contributed by atoms with Crippen LogP contribution in [-0.4, -0.2) is 58.5 Å². The summed E-state index contributed by atoms with van der Waals surface area (Å²) in [4.78, 5) is 28.8. The number of carbonyl (C=O) groups is 2. The summed E-state index contributed by atoms with van der Waals surface area (Å²) in [6.07, 6.45) is 2.00. The van der Waals surface area contributed by atoms with Crippen molar-refractivity contribution >= 4 is 11.9 Å². The van der Waals surface area contributed by atoms with Crippen LogP contribution in [0.4, 0.5) is 4.79 Å². The maximum Gasteiger partial charge on any atom is 0.410 e. The van der Waals surface area contributed by atoms with Crippen molar-refractivity contribution in [2.24, 2.45) is 0 Å². The third kappa shape index (κ3) is 3.23. The lowest BCUT2D eigenvalue weighted by Gasteiger charge is -2.46. The van der Waals surface area contributed by atoms with Crippen LogP contribution in [-0.2, 0) is 9.53 Å². The van der Waals surface area contributed by atoms with Crippen molar-refractivity contribution in [2.75, 3.05) is 19.6 Å². The van der Waals surface area contributed by atoms with E-state index in [0.717, 1.165) is 19.4 Å². The van der Waals surface area contributed by atoms with E-state index in [1.165, 1.54) is 0 Å². The molecule has 0 aliphatic carbocycles.